The van der Waals surface area contributed by atoms with Crippen LogP contribution in [0.4, 0.5) is 0 Å². The van der Waals surface area contributed by atoms with Gasteiger partial charge >= 0.3 is 0 Å². The molecule has 0 aliphatic rings. The molecule has 0 aliphatic heterocycles. The van der Waals surface area contributed by atoms with Gasteiger partial charge < -0.3 is 9.47 Å². The summed E-state index contributed by atoms with van der Waals surface area (Å²) in [4.78, 5) is 12.5. The Kier molecular flexibility index (Phi) is 4.68. The predicted molar refractivity (Wildman–Crippen MR) is 82.1 cm³/mol. The van der Waals surface area contributed by atoms with E-state index in [1.165, 1.54) is 7.11 Å². The Hall–Kier alpha value is -1.52. The van der Waals surface area contributed by atoms with Gasteiger partial charge in [-0.05, 0) is 36.4 Å². The van der Waals surface area contributed by atoms with Crippen LogP contribution in [-0.2, 0) is 0 Å². The number of carbonyl (C=O) groups is 1. The highest BCUT2D eigenvalue weighted by atomic mass is 79.9. The SMILES string of the molecule is COc1ccc(C(=O)c2cc(Cl)ccc2Br)cc1OC. The minimum absolute atomic E-state index is 0.139. The molecule has 5 heteroatoms. The Bertz CT molecular complexity index is 656. The monoisotopic (exact) mass is 354 g/mol. The minimum atomic E-state index is -0.139. The van der Waals surface area contributed by atoms with Crippen LogP contribution in [0, 0.1) is 0 Å². The van der Waals surface area contributed by atoms with Crippen LogP contribution >= 0.6 is 27.5 Å². The van der Waals surface area contributed by atoms with Crippen LogP contribution in [0.3, 0.4) is 0 Å². The van der Waals surface area contributed by atoms with Gasteiger partial charge in [0.25, 0.3) is 0 Å². The Balaban J connectivity index is 2.45. The van der Waals surface area contributed by atoms with Crippen LogP contribution in [0.5, 0.6) is 11.5 Å². The zero-order valence-electron chi connectivity index (χ0n) is 10.9. The minimum Gasteiger partial charge on any atom is -0.493 e. The van der Waals surface area contributed by atoms with Gasteiger partial charge in [-0.2, -0.15) is 0 Å². The lowest BCUT2D eigenvalue weighted by atomic mass is 10.0. The first kappa shape index (κ1) is 14.9. The molecule has 3 nitrogen and oxygen atoms in total. The van der Waals surface area contributed by atoms with Crippen LogP contribution in [0.25, 0.3) is 0 Å². The Morgan fingerprint density at radius 2 is 1.75 bits per heavy atom. The van der Waals surface area contributed by atoms with Gasteiger partial charge in [-0.15, -0.1) is 0 Å². The van der Waals surface area contributed by atoms with Crippen LogP contribution < -0.4 is 9.47 Å². The number of ether oxygens (including phenoxy) is 2. The van der Waals surface area contributed by atoms with Crippen molar-refractivity contribution in [1.82, 2.24) is 0 Å². The average molecular weight is 356 g/mol. The Morgan fingerprint density at radius 3 is 2.40 bits per heavy atom. The highest BCUT2D eigenvalue weighted by Crippen LogP contribution is 2.30. The van der Waals surface area contributed by atoms with Gasteiger partial charge in [0.1, 0.15) is 0 Å². The van der Waals surface area contributed by atoms with E-state index in [-0.39, 0.29) is 5.78 Å². The molecule has 104 valence electrons. The highest BCUT2D eigenvalue weighted by molar-refractivity contribution is 9.10. The molecule has 0 bridgehead atoms. The molecule has 0 heterocycles. The zero-order chi connectivity index (χ0) is 14.7. The first-order chi connectivity index (χ1) is 9.56. The first-order valence-corrected chi connectivity index (χ1v) is 6.95. The molecule has 0 unspecified atom stereocenters. The maximum absolute atomic E-state index is 12.5. The van der Waals surface area contributed by atoms with Crippen molar-refractivity contribution in [2.24, 2.45) is 0 Å². The maximum atomic E-state index is 12.5. The van der Waals surface area contributed by atoms with Gasteiger partial charge in [0, 0.05) is 20.6 Å². The normalized spacial score (nSPS) is 10.2. The lowest BCUT2D eigenvalue weighted by Gasteiger charge is -2.10. The summed E-state index contributed by atoms with van der Waals surface area (Å²) in [6, 6.07) is 10.1. The molecular formula is C15H12BrClO3. The van der Waals surface area contributed by atoms with Crippen molar-refractivity contribution >= 4 is 33.3 Å². The number of halogens is 2. The van der Waals surface area contributed by atoms with E-state index in [0.29, 0.717) is 32.1 Å². The van der Waals surface area contributed by atoms with Crippen molar-refractivity contribution in [2.75, 3.05) is 14.2 Å². The number of ketones is 1. The van der Waals surface area contributed by atoms with Crippen LogP contribution in [0.2, 0.25) is 5.02 Å². The number of hydrogen-bond acceptors (Lipinski definition) is 3. The summed E-state index contributed by atoms with van der Waals surface area (Å²) >= 11 is 9.29. The van der Waals surface area contributed by atoms with E-state index in [9.17, 15) is 4.79 Å². The van der Waals surface area contributed by atoms with Crippen molar-refractivity contribution in [2.45, 2.75) is 0 Å². The topological polar surface area (TPSA) is 35.5 Å². The van der Waals surface area contributed by atoms with Gasteiger partial charge in [0.15, 0.2) is 17.3 Å². The highest BCUT2D eigenvalue weighted by Gasteiger charge is 2.15. The van der Waals surface area contributed by atoms with Crippen molar-refractivity contribution in [3.63, 3.8) is 0 Å². The van der Waals surface area contributed by atoms with Crippen molar-refractivity contribution < 1.29 is 14.3 Å². The van der Waals surface area contributed by atoms with E-state index >= 15 is 0 Å². The third kappa shape index (κ3) is 2.97. The smallest absolute Gasteiger partial charge is 0.194 e. The second kappa shape index (κ2) is 6.29. The van der Waals surface area contributed by atoms with Crippen LogP contribution in [-0.4, -0.2) is 20.0 Å². The van der Waals surface area contributed by atoms with E-state index in [1.807, 2.05) is 0 Å². The predicted octanol–water partition coefficient (Wildman–Crippen LogP) is 4.35. The van der Waals surface area contributed by atoms with E-state index in [1.54, 1.807) is 43.5 Å². The molecule has 0 amide bonds. The van der Waals surface area contributed by atoms with Gasteiger partial charge in [-0.25, -0.2) is 0 Å². The van der Waals surface area contributed by atoms with Gasteiger partial charge in [0.05, 0.1) is 14.2 Å². The Labute approximate surface area is 130 Å². The summed E-state index contributed by atoms with van der Waals surface area (Å²) in [6.07, 6.45) is 0. The molecule has 0 N–H and O–H groups in total. The summed E-state index contributed by atoms with van der Waals surface area (Å²) in [5.41, 5.74) is 1.01. The fraction of sp³-hybridized carbons (Fsp3) is 0.133. The van der Waals surface area contributed by atoms with Gasteiger partial charge in [-0.1, -0.05) is 27.5 Å². The van der Waals surface area contributed by atoms with Gasteiger partial charge in [-0.3, -0.25) is 4.79 Å². The van der Waals surface area contributed by atoms with Crippen LogP contribution in [0.1, 0.15) is 15.9 Å². The standard InChI is InChI=1S/C15H12BrClO3/c1-19-13-6-3-9(7-14(13)20-2)15(18)11-8-10(17)4-5-12(11)16/h3-8H,1-2H3. The molecule has 0 aliphatic carbocycles. The van der Waals surface area contributed by atoms with E-state index < -0.39 is 0 Å². The molecule has 2 rings (SSSR count). The molecule has 0 saturated carbocycles. The lowest BCUT2D eigenvalue weighted by Crippen LogP contribution is -2.03. The van der Waals surface area contributed by atoms with Crippen molar-refractivity contribution in [3.8, 4) is 11.5 Å². The second-order valence-corrected chi connectivity index (χ2v) is 5.31. The molecule has 0 aromatic heterocycles. The number of rotatable bonds is 4. The molecule has 0 radical (unpaired) electrons. The van der Waals surface area contributed by atoms with E-state index in [2.05, 4.69) is 15.9 Å². The molecule has 20 heavy (non-hydrogen) atoms. The molecule has 2 aromatic carbocycles. The lowest BCUT2D eigenvalue weighted by molar-refractivity contribution is 0.103. The Morgan fingerprint density at radius 1 is 1.05 bits per heavy atom. The first-order valence-electron chi connectivity index (χ1n) is 5.78. The van der Waals surface area contributed by atoms with E-state index in [4.69, 9.17) is 21.1 Å². The molecule has 0 fully saturated rings. The summed E-state index contributed by atoms with van der Waals surface area (Å²) in [5, 5.41) is 0.511. The third-order valence-corrected chi connectivity index (χ3v) is 3.75. The maximum Gasteiger partial charge on any atom is 0.194 e. The average Bonchev–Trinajstić information content (AvgIpc) is 2.48. The molecule has 0 spiro atoms. The number of carbonyl (C=O) groups excluding carboxylic acids is 1. The number of methoxy groups -OCH3 is 2. The van der Waals surface area contributed by atoms with Crippen molar-refractivity contribution in [1.29, 1.82) is 0 Å². The van der Waals surface area contributed by atoms with Gasteiger partial charge in [0.2, 0.25) is 0 Å². The largest absolute Gasteiger partial charge is 0.493 e. The summed E-state index contributed by atoms with van der Waals surface area (Å²) in [6.45, 7) is 0. The quantitative estimate of drug-likeness (QED) is 0.765. The number of benzene rings is 2. The number of hydrogen-bond donors (Lipinski definition) is 0. The fourth-order valence-electron chi connectivity index (χ4n) is 1.80. The summed E-state index contributed by atoms with van der Waals surface area (Å²) in [5.74, 6) is 0.950. The van der Waals surface area contributed by atoms with E-state index in [0.717, 1.165) is 0 Å². The summed E-state index contributed by atoms with van der Waals surface area (Å²) < 4.78 is 11.1. The third-order valence-electron chi connectivity index (χ3n) is 2.82. The second-order valence-electron chi connectivity index (χ2n) is 4.02. The summed E-state index contributed by atoms with van der Waals surface area (Å²) in [7, 11) is 3.08. The van der Waals surface area contributed by atoms with Crippen molar-refractivity contribution in [3.05, 3.63) is 57.0 Å². The molecule has 0 atom stereocenters. The molecule has 0 saturated heterocycles. The molecular weight excluding hydrogens is 344 g/mol. The molecule has 2 aromatic rings. The van der Waals surface area contributed by atoms with Crippen LogP contribution in [0.15, 0.2) is 40.9 Å². The fourth-order valence-corrected chi connectivity index (χ4v) is 2.40. The zero-order valence-corrected chi connectivity index (χ0v) is 13.3.